The molecular weight excluding hydrogens is 353 g/mol. The van der Waals surface area contributed by atoms with Gasteiger partial charge in [-0.05, 0) is 42.0 Å². The van der Waals surface area contributed by atoms with Crippen LogP contribution in [0.4, 0.5) is 10.1 Å². The number of halogens is 1. The molecule has 0 unspecified atom stereocenters. The molecule has 1 fully saturated rings. The summed E-state index contributed by atoms with van der Waals surface area (Å²) in [5, 5.41) is 0.901. The summed E-state index contributed by atoms with van der Waals surface area (Å²) in [7, 11) is -0.158. The van der Waals surface area contributed by atoms with E-state index in [9.17, 15) is 4.39 Å². The van der Waals surface area contributed by atoms with Crippen molar-refractivity contribution >= 4 is 27.7 Å². The van der Waals surface area contributed by atoms with E-state index in [0.29, 0.717) is 0 Å². The predicted octanol–water partition coefficient (Wildman–Crippen LogP) is 4.82. The lowest BCUT2D eigenvalue weighted by Gasteiger charge is -2.29. The number of aromatic nitrogens is 1. The first kappa shape index (κ1) is 16.4. The lowest BCUT2D eigenvalue weighted by Crippen LogP contribution is -2.37. The first-order valence-electron chi connectivity index (χ1n) is 8.15. The molecule has 0 bridgehead atoms. The van der Waals surface area contributed by atoms with Crippen molar-refractivity contribution in [1.82, 2.24) is 4.98 Å². The molecule has 0 amide bonds. The zero-order valence-corrected chi connectivity index (χ0v) is 15.2. The molecule has 3 nitrogen and oxygen atoms in total. The van der Waals surface area contributed by atoms with Crippen molar-refractivity contribution in [3.05, 3.63) is 60.5 Å². The van der Waals surface area contributed by atoms with E-state index in [4.69, 9.17) is 4.78 Å². The zero-order valence-electron chi connectivity index (χ0n) is 13.6. The molecule has 2 aromatic carbocycles. The second kappa shape index (κ2) is 7.06. The van der Waals surface area contributed by atoms with Crippen LogP contribution in [0.15, 0.2) is 54.7 Å². The highest BCUT2D eigenvalue weighted by molar-refractivity contribution is 7.86. The summed E-state index contributed by atoms with van der Waals surface area (Å²) < 4.78 is 20.9. The smallest absolute Gasteiger partial charge is 0.123 e. The highest BCUT2D eigenvalue weighted by Crippen LogP contribution is 2.33. The summed E-state index contributed by atoms with van der Waals surface area (Å²) in [6.45, 7) is 1.95. The number of nitrogens with one attached hydrogen (secondary N) is 1. The van der Waals surface area contributed by atoms with Gasteiger partial charge >= 0.3 is 0 Å². The summed E-state index contributed by atoms with van der Waals surface area (Å²) in [5.41, 5.74) is 3.31. The maximum absolute atomic E-state index is 13.1. The lowest BCUT2D eigenvalue weighted by molar-refractivity contribution is 0.628. The SMILES string of the molecule is N=S1CCN(c2ccc(-c3cnc(-c4ccc(F)cc4)s3)cc2)CC1. The van der Waals surface area contributed by atoms with Gasteiger partial charge in [0, 0.05) is 42.0 Å². The Morgan fingerprint density at radius 2 is 1.60 bits per heavy atom. The third-order valence-electron chi connectivity index (χ3n) is 4.33. The Bertz CT molecular complexity index is 878. The molecular formula is C19H18FN3S2. The van der Waals surface area contributed by atoms with Gasteiger partial charge in [-0.25, -0.2) is 9.37 Å². The Kier molecular flexibility index (Phi) is 4.63. The van der Waals surface area contributed by atoms with Gasteiger partial charge in [0.1, 0.15) is 10.8 Å². The minimum absolute atomic E-state index is 0.158. The van der Waals surface area contributed by atoms with Gasteiger partial charge < -0.3 is 4.90 Å². The summed E-state index contributed by atoms with van der Waals surface area (Å²) in [6, 6.07) is 15.0. The maximum atomic E-state index is 13.1. The highest BCUT2D eigenvalue weighted by atomic mass is 32.2. The van der Waals surface area contributed by atoms with E-state index in [1.54, 1.807) is 23.5 Å². The lowest BCUT2D eigenvalue weighted by atomic mass is 10.1. The second-order valence-electron chi connectivity index (χ2n) is 5.97. The molecule has 6 heteroatoms. The predicted molar refractivity (Wildman–Crippen MR) is 105 cm³/mol. The monoisotopic (exact) mass is 371 g/mol. The molecule has 0 radical (unpaired) electrons. The van der Waals surface area contributed by atoms with Crippen molar-refractivity contribution in [1.29, 1.82) is 4.78 Å². The summed E-state index contributed by atoms with van der Waals surface area (Å²) in [4.78, 5) is 7.95. The fourth-order valence-corrected chi connectivity index (χ4v) is 4.90. The van der Waals surface area contributed by atoms with Gasteiger partial charge in [-0.3, -0.25) is 4.78 Å². The van der Waals surface area contributed by atoms with Gasteiger partial charge in [-0.1, -0.05) is 12.1 Å². The molecule has 3 aromatic rings. The Labute approximate surface area is 153 Å². The number of hydrogen-bond donors (Lipinski definition) is 1. The van der Waals surface area contributed by atoms with Crippen molar-refractivity contribution in [3.8, 4) is 21.0 Å². The van der Waals surface area contributed by atoms with Crippen LogP contribution in [0.3, 0.4) is 0 Å². The minimum Gasteiger partial charge on any atom is -0.370 e. The van der Waals surface area contributed by atoms with Gasteiger partial charge in [0.05, 0.1) is 4.88 Å². The second-order valence-corrected chi connectivity index (χ2v) is 8.80. The number of rotatable bonds is 3. The van der Waals surface area contributed by atoms with Crippen LogP contribution in [0.5, 0.6) is 0 Å². The van der Waals surface area contributed by atoms with E-state index >= 15 is 0 Å². The van der Waals surface area contributed by atoms with Crippen molar-refractivity contribution in [2.75, 3.05) is 29.5 Å². The Hall–Kier alpha value is -2.05. The van der Waals surface area contributed by atoms with E-state index in [1.165, 1.54) is 17.8 Å². The summed E-state index contributed by atoms with van der Waals surface area (Å²) in [5.74, 6) is 1.71. The highest BCUT2D eigenvalue weighted by Gasteiger charge is 2.14. The molecule has 0 spiro atoms. The van der Waals surface area contributed by atoms with E-state index in [0.717, 1.165) is 45.6 Å². The van der Waals surface area contributed by atoms with E-state index in [1.807, 2.05) is 6.20 Å². The van der Waals surface area contributed by atoms with Crippen molar-refractivity contribution in [2.24, 2.45) is 0 Å². The van der Waals surface area contributed by atoms with Crippen LogP contribution in [0.2, 0.25) is 0 Å². The first-order valence-corrected chi connectivity index (χ1v) is 10.5. The standard InChI is InChI=1S/C19H18FN3S2/c20-16-5-1-15(2-6-16)19-22-13-18(24-19)14-3-7-17(8-4-14)23-9-11-25(21)12-10-23/h1-8,13,21H,9-12H2. The molecule has 1 N–H and O–H groups in total. The third-order valence-corrected chi connectivity index (χ3v) is 6.78. The number of benzene rings is 2. The van der Waals surface area contributed by atoms with Gasteiger partial charge in [-0.15, -0.1) is 22.0 Å². The van der Waals surface area contributed by atoms with Gasteiger partial charge in [-0.2, -0.15) is 0 Å². The molecule has 25 heavy (non-hydrogen) atoms. The maximum Gasteiger partial charge on any atom is 0.123 e. The number of nitrogens with zero attached hydrogens (tertiary/aromatic N) is 2. The van der Waals surface area contributed by atoms with Crippen LogP contribution in [-0.2, 0) is 10.7 Å². The fraction of sp³-hybridized carbons (Fsp3) is 0.211. The van der Waals surface area contributed by atoms with Crippen LogP contribution in [0.1, 0.15) is 0 Å². The number of thiazole rings is 1. The molecule has 2 heterocycles. The Balaban J connectivity index is 1.52. The van der Waals surface area contributed by atoms with Crippen molar-refractivity contribution in [2.45, 2.75) is 0 Å². The molecule has 0 aliphatic carbocycles. The normalized spacial score (nSPS) is 15.5. The quantitative estimate of drug-likeness (QED) is 0.717. The molecule has 1 aliphatic heterocycles. The summed E-state index contributed by atoms with van der Waals surface area (Å²) >= 11 is 1.62. The Morgan fingerprint density at radius 3 is 2.28 bits per heavy atom. The number of hydrogen-bond acceptors (Lipinski definition) is 4. The van der Waals surface area contributed by atoms with Crippen molar-refractivity contribution in [3.63, 3.8) is 0 Å². The molecule has 128 valence electrons. The molecule has 1 aliphatic rings. The van der Waals surface area contributed by atoms with E-state index < -0.39 is 0 Å². The van der Waals surface area contributed by atoms with Crippen LogP contribution >= 0.6 is 11.3 Å². The minimum atomic E-state index is -0.230. The van der Waals surface area contributed by atoms with Crippen LogP contribution < -0.4 is 4.90 Å². The average Bonchev–Trinajstić information content (AvgIpc) is 3.13. The summed E-state index contributed by atoms with van der Waals surface area (Å²) in [6.07, 6.45) is 1.88. The largest absolute Gasteiger partial charge is 0.370 e. The molecule has 4 rings (SSSR count). The van der Waals surface area contributed by atoms with Crippen LogP contribution in [-0.4, -0.2) is 29.6 Å². The van der Waals surface area contributed by atoms with Gasteiger partial charge in [0.15, 0.2) is 0 Å². The van der Waals surface area contributed by atoms with Crippen LogP contribution in [0, 0.1) is 10.6 Å². The first-order chi connectivity index (χ1) is 12.2. The van der Waals surface area contributed by atoms with Gasteiger partial charge in [0.25, 0.3) is 0 Å². The van der Waals surface area contributed by atoms with E-state index in [2.05, 4.69) is 34.1 Å². The molecule has 0 saturated carbocycles. The molecule has 1 saturated heterocycles. The zero-order chi connectivity index (χ0) is 17.2. The van der Waals surface area contributed by atoms with Gasteiger partial charge in [0.2, 0.25) is 0 Å². The Morgan fingerprint density at radius 1 is 0.960 bits per heavy atom. The third kappa shape index (κ3) is 3.65. The number of anilines is 1. The van der Waals surface area contributed by atoms with Crippen molar-refractivity contribution < 1.29 is 4.39 Å². The average molecular weight is 372 g/mol. The van der Waals surface area contributed by atoms with E-state index in [-0.39, 0.29) is 16.5 Å². The topological polar surface area (TPSA) is 40.0 Å². The van der Waals surface area contributed by atoms with Crippen LogP contribution in [0.25, 0.3) is 21.0 Å². The fourth-order valence-electron chi connectivity index (χ4n) is 2.88. The molecule has 1 aromatic heterocycles. The molecule has 0 atom stereocenters.